The van der Waals surface area contributed by atoms with Crippen LogP contribution in [0.5, 0.6) is 0 Å². The highest BCUT2D eigenvalue weighted by atomic mass is 16.4. The van der Waals surface area contributed by atoms with Gasteiger partial charge in [0.05, 0.1) is 6.26 Å². The fourth-order valence-corrected chi connectivity index (χ4v) is 1.06. The quantitative estimate of drug-likeness (QED) is 0.648. The van der Waals surface area contributed by atoms with Crippen molar-refractivity contribution in [3.05, 3.63) is 24.2 Å². The van der Waals surface area contributed by atoms with Gasteiger partial charge in [0.25, 0.3) is 5.91 Å². The molecule has 1 aromatic heterocycles. The van der Waals surface area contributed by atoms with Crippen LogP contribution in [0, 0.1) is 0 Å². The summed E-state index contributed by atoms with van der Waals surface area (Å²) < 4.78 is 4.84. The Kier molecular flexibility index (Phi) is 4.27. The summed E-state index contributed by atoms with van der Waals surface area (Å²) in [5.41, 5.74) is 0. The van der Waals surface area contributed by atoms with Crippen LogP contribution in [0.15, 0.2) is 22.8 Å². The van der Waals surface area contributed by atoms with Crippen LogP contribution in [0.1, 0.15) is 17.5 Å². The smallest absolute Gasteiger partial charge is 0.322 e. The van der Waals surface area contributed by atoms with Gasteiger partial charge in [0.1, 0.15) is 12.6 Å². The van der Waals surface area contributed by atoms with Crippen LogP contribution >= 0.6 is 0 Å². The molecule has 1 atom stereocenters. The van der Waals surface area contributed by atoms with Crippen LogP contribution in [0.4, 0.5) is 0 Å². The molecule has 0 saturated carbocycles. The Hall–Kier alpha value is -2.31. The van der Waals surface area contributed by atoms with E-state index in [0.29, 0.717) is 0 Å². The van der Waals surface area contributed by atoms with Gasteiger partial charge in [-0.3, -0.25) is 14.4 Å². The van der Waals surface area contributed by atoms with Crippen molar-refractivity contribution >= 4 is 17.8 Å². The van der Waals surface area contributed by atoms with E-state index in [1.807, 2.05) is 0 Å². The Morgan fingerprint density at radius 1 is 1.47 bits per heavy atom. The summed E-state index contributed by atoms with van der Waals surface area (Å²) in [6.45, 7) is 0.956. The summed E-state index contributed by atoms with van der Waals surface area (Å²) >= 11 is 0. The molecule has 7 heteroatoms. The zero-order chi connectivity index (χ0) is 12.8. The van der Waals surface area contributed by atoms with Gasteiger partial charge in [-0.15, -0.1) is 0 Å². The predicted molar refractivity (Wildman–Crippen MR) is 56.3 cm³/mol. The van der Waals surface area contributed by atoms with Crippen molar-refractivity contribution in [3.63, 3.8) is 0 Å². The summed E-state index contributed by atoms with van der Waals surface area (Å²) in [5, 5.41) is 12.9. The third-order valence-electron chi connectivity index (χ3n) is 1.90. The van der Waals surface area contributed by atoms with Crippen LogP contribution in [-0.4, -0.2) is 35.5 Å². The Bertz CT molecular complexity index is 412. The van der Waals surface area contributed by atoms with Gasteiger partial charge in [0.15, 0.2) is 5.76 Å². The summed E-state index contributed by atoms with van der Waals surface area (Å²) in [4.78, 5) is 33.0. The molecule has 0 radical (unpaired) electrons. The van der Waals surface area contributed by atoms with E-state index < -0.39 is 30.4 Å². The minimum Gasteiger partial charge on any atom is -0.480 e. The lowest BCUT2D eigenvalue weighted by molar-refractivity contribution is -0.138. The van der Waals surface area contributed by atoms with Crippen LogP contribution < -0.4 is 10.6 Å². The molecule has 0 spiro atoms. The van der Waals surface area contributed by atoms with E-state index in [4.69, 9.17) is 9.52 Å². The first kappa shape index (κ1) is 12.8. The van der Waals surface area contributed by atoms with Crippen LogP contribution in [0.3, 0.4) is 0 Å². The van der Waals surface area contributed by atoms with E-state index in [9.17, 15) is 14.4 Å². The summed E-state index contributed by atoms with van der Waals surface area (Å²) in [7, 11) is 0. The Morgan fingerprint density at radius 2 is 2.18 bits per heavy atom. The third-order valence-corrected chi connectivity index (χ3v) is 1.90. The zero-order valence-corrected chi connectivity index (χ0v) is 9.10. The molecule has 17 heavy (non-hydrogen) atoms. The number of nitrogens with one attached hydrogen (secondary N) is 2. The van der Waals surface area contributed by atoms with Gasteiger partial charge >= 0.3 is 5.97 Å². The van der Waals surface area contributed by atoms with Crippen LogP contribution in [0.25, 0.3) is 0 Å². The summed E-state index contributed by atoms with van der Waals surface area (Å²) in [5.74, 6) is -2.17. The molecule has 0 saturated heterocycles. The molecule has 3 N–H and O–H groups in total. The third kappa shape index (κ3) is 3.98. The molecule has 0 aromatic carbocycles. The van der Waals surface area contributed by atoms with Crippen molar-refractivity contribution in [3.8, 4) is 0 Å². The first-order valence-electron chi connectivity index (χ1n) is 4.84. The number of hydrogen-bond donors (Lipinski definition) is 3. The molecule has 2 amide bonds. The van der Waals surface area contributed by atoms with Gasteiger partial charge in [-0.1, -0.05) is 0 Å². The first-order valence-corrected chi connectivity index (χ1v) is 4.84. The van der Waals surface area contributed by atoms with E-state index in [1.165, 1.54) is 19.3 Å². The fraction of sp³-hybridized carbons (Fsp3) is 0.300. The SMILES string of the molecule is CC(NC(=O)c1ccco1)C(=O)NCC(=O)O. The number of rotatable bonds is 5. The second kappa shape index (κ2) is 5.69. The molecule has 7 nitrogen and oxygen atoms in total. The van der Waals surface area contributed by atoms with Gasteiger partial charge in [-0.25, -0.2) is 0 Å². The highest BCUT2D eigenvalue weighted by Gasteiger charge is 2.18. The molecular formula is C10H12N2O5. The van der Waals surface area contributed by atoms with Crippen molar-refractivity contribution in [2.24, 2.45) is 0 Å². The number of carboxylic acids is 1. The van der Waals surface area contributed by atoms with Crippen LogP contribution in [-0.2, 0) is 9.59 Å². The summed E-state index contributed by atoms with van der Waals surface area (Å²) in [6.07, 6.45) is 1.34. The van der Waals surface area contributed by atoms with Gasteiger partial charge in [-0.05, 0) is 19.1 Å². The maximum absolute atomic E-state index is 11.5. The van der Waals surface area contributed by atoms with Gasteiger partial charge in [0.2, 0.25) is 5.91 Å². The fourth-order valence-electron chi connectivity index (χ4n) is 1.06. The Balaban J connectivity index is 2.43. The minimum atomic E-state index is -1.15. The topological polar surface area (TPSA) is 109 Å². The highest BCUT2D eigenvalue weighted by Crippen LogP contribution is 1.99. The molecule has 1 rings (SSSR count). The number of aliphatic carboxylic acids is 1. The molecule has 1 unspecified atom stereocenters. The normalized spacial score (nSPS) is 11.6. The standard InChI is InChI=1S/C10H12N2O5/c1-6(9(15)11-5-8(13)14)12-10(16)7-3-2-4-17-7/h2-4,6H,5H2,1H3,(H,11,15)(H,12,16)(H,13,14). The average molecular weight is 240 g/mol. The number of carbonyl (C=O) groups is 3. The monoisotopic (exact) mass is 240 g/mol. The van der Waals surface area contributed by atoms with E-state index >= 15 is 0 Å². The van der Waals surface area contributed by atoms with Gasteiger partial charge < -0.3 is 20.2 Å². The zero-order valence-electron chi connectivity index (χ0n) is 9.10. The van der Waals surface area contributed by atoms with E-state index in [1.54, 1.807) is 6.07 Å². The molecule has 0 aliphatic heterocycles. The maximum atomic E-state index is 11.5. The van der Waals surface area contributed by atoms with Gasteiger partial charge in [0, 0.05) is 0 Å². The molecule has 1 aromatic rings. The first-order chi connectivity index (χ1) is 8.00. The van der Waals surface area contributed by atoms with Crippen molar-refractivity contribution < 1.29 is 23.9 Å². The van der Waals surface area contributed by atoms with Crippen LogP contribution in [0.2, 0.25) is 0 Å². The maximum Gasteiger partial charge on any atom is 0.322 e. The number of hydrogen-bond acceptors (Lipinski definition) is 4. The molecule has 1 heterocycles. The molecule has 0 bridgehead atoms. The van der Waals surface area contributed by atoms with E-state index in [0.717, 1.165) is 0 Å². The minimum absolute atomic E-state index is 0.0860. The van der Waals surface area contributed by atoms with Crippen molar-refractivity contribution in [1.29, 1.82) is 0 Å². The molecule has 0 aliphatic rings. The average Bonchev–Trinajstić information content (AvgIpc) is 2.78. The lowest BCUT2D eigenvalue weighted by atomic mass is 10.3. The number of carboxylic acid groups (broad SMARTS) is 1. The van der Waals surface area contributed by atoms with E-state index in [2.05, 4.69) is 10.6 Å². The second-order valence-corrected chi connectivity index (χ2v) is 3.28. The highest BCUT2D eigenvalue weighted by molar-refractivity contribution is 5.95. The second-order valence-electron chi connectivity index (χ2n) is 3.28. The number of carbonyl (C=O) groups excluding carboxylic acids is 2. The number of furan rings is 1. The molecule has 92 valence electrons. The summed E-state index contributed by atoms with van der Waals surface area (Å²) in [6, 6.07) is 2.16. The largest absolute Gasteiger partial charge is 0.480 e. The molecule has 0 aliphatic carbocycles. The molecule has 0 fully saturated rings. The lowest BCUT2D eigenvalue weighted by Crippen LogP contribution is -2.46. The van der Waals surface area contributed by atoms with Crippen molar-refractivity contribution in [2.45, 2.75) is 13.0 Å². The Morgan fingerprint density at radius 3 is 2.71 bits per heavy atom. The Labute approximate surface area is 96.8 Å². The van der Waals surface area contributed by atoms with Crippen molar-refractivity contribution in [2.75, 3.05) is 6.54 Å². The lowest BCUT2D eigenvalue weighted by Gasteiger charge is -2.11. The van der Waals surface area contributed by atoms with Gasteiger partial charge in [-0.2, -0.15) is 0 Å². The number of amides is 2. The predicted octanol–water partition coefficient (Wildman–Crippen LogP) is -0.401. The molecular weight excluding hydrogens is 228 g/mol. The van der Waals surface area contributed by atoms with Crippen molar-refractivity contribution in [1.82, 2.24) is 10.6 Å². The van der Waals surface area contributed by atoms with E-state index in [-0.39, 0.29) is 5.76 Å².